The van der Waals surface area contributed by atoms with Crippen molar-refractivity contribution in [1.29, 1.82) is 0 Å². The molecule has 0 saturated carbocycles. The lowest BCUT2D eigenvalue weighted by Gasteiger charge is -2.20. The molecule has 2 heteroatoms. The van der Waals surface area contributed by atoms with E-state index in [0.717, 1.165) is 23.4 Å². The second-order valence-electron chi connectivity index (χ2n) is 7.81. The molecular weight excluding hydrogens is 364 g/mol. The van der Waals surface area contributed by atoms with E-state index < -0.39 is 0 Å². The molecule has 2 heterocycles. The third-order valence-corrected chi connectivity index (χ3v) is 5.64. The van der Waals surface area contributed by atoms with Crippen molar-refractivity contribution in [3.8, 4) is 11.1 Å². The van der Waals surface area contributed by atoms with Gasteiger partial charge in [-0.25, -0.2) is 0 Å². The molecule has 0 fully saturated rings. The first-order valence-electron chi connectivity index (χ1n) is 10.4. The van der Waals surface area contributed by atoms with Crippen molar-refractivity contribution in [2.45, 2.75) is 13.8 Å². The normalized spacial score (nSPS) is 17.0. The van der Waals surface area contributed by atoms with Crippen LogP contribution in [0.4, 0.5) is 5.69 Å². The van der Waals surface area contributed by atoms with Gasteiger partial charge >= 0.3 is 0 Å². The van der Waals surface area contributed by atoms with Gasteiger partial charge in [0.2, 0.25) is 0 Å². The van der Waals surface area contributed by atoms with E-state index in [1.165, 1.54) is 38.8 Å². The van der Waals surface area contributed by atoms with Crippen LogP contribution < -0.4 is 5.32 Å². The largest absolute Gasteiger partial charge is 0.379 e. The number of allylic oxidation sites excluding steroid dienone is 2. The van der Waals surface area contributed by atoms with Gasteiger partial charge in [0, 0.05) is 23.2 Å². The first-order chi connectivity index (χ1) is 14.7. The molecule has 0 atom stereocenters. The van der Waals surface area contributed by atoms with E-state index in [1.54, 1.807) is 0 Å². The predicted molar refractivity (Wildman–Crippen MR) is 128 cm³/mol. The Morgan fingerprint density at radius 3 is 2.20 bits per heavy atom. The maximum atomic E-state index is 4.98. The SMILES string of the molecule is CC1=C\CNc2c(ccc3c(-c4ccccc4)cc(C)nc23)/C(c2ccccc2)=C\1. The van der Waals surface area contributed by atoms with Gasteiger partial charge in [-0.1, -0.05) is 90.5 Å². The Hall–Kier alpha value is -3.65. The fraction of sp³-hybridized carbons (Fsp3) is 0.107. The monoisotopic (exact) mass is 388 g/mol. The maximum absolute atomic E-state index is 4.98. The molecule has 30 heavy (non-hydrogen) atoms. The molecule has 3 aromatic carbocycles. The van der Waals surface area contributed by atoms with Crippen molar-refractivity contribution in [2.24, 2.45) is 0 Å². The minimum absolute atomic E-state index is 0.785. The van der Waals surface area contributed by atoms with Crippen LogP contribution in [0.15, 0.2) is 96.6 Å². The lowest BCUT2D eigenvalue weighted by atomic mass is 9.90. The highest BCUT2D eigenvalue weighted by Gasteiger charge is 2.18. The van der Waals surface area contributed by atoms with Crippen LogP contribution >= 0.6 is 0 Å². The number of rotatable bonds is 2. The summed E-state index contributed by atoms with van der Waals surface area (Å²) in [6.45, 7) is 5.02. The van der Waals surface area contributed by atoms with E-state index in [9.17, 15) is 0 Å². The van der Waals surface area contributed by atoms with Crippen molar-refractivity contribution in [3.63, 3.8) is 0 Å². The number of aromatic nitrogens is 1. The zero-order valence-electron chi connectivity index (χ0n) is 17.3. The number of aryl methyl sites for hydroxylation is 1. The van der Waals surface area contributed by atoms with Gasteiger partial charge in [0.25, 0.3) is 0 Å². The molecule has 4 aromatic rings. The molecule has 0 amide bonds. The van der Waals surface area contributed by atoms with Crippen LogP contribution in [-0.4, -0.2) is 11.5 Å². The van der Waals surface area contributed by atoms with E-state index in [0.29, 0.717) is 0 Å². The van der Waals surface area contributed by atoms with Gasteiger partial charge < -0.3 is 5.32 Å². The Bertz CT molecular complexity index is 1280. The van der Waals surface area contributed by atoms with Gasteiger partial charge in [0.15, 0.2) is 0 Å². The van der Waals surface area contributed by atoms with E-state index >= 15 is 0 Å². The van der Waals surface area contributed by atoms with Crippen molar-refractivity contribution >= 4 is 22.2 Å². The molecule has 5 rings (SSSR count). The second-order valence-corrected chi connectivity index (χ2v) is 7.81. The molecule has 1 aromatic heterocycles. The first kappa shape index (κ1) is 18.4. The van der Waals surface area contributed by atoms with Crippen molar-refractivity contribution in [1.82, 2.24) is 4.98 Å². The molecule has 146 valence electrons. The van der Waals surface area contributed by atoms with Crippen LogP contribution in [-0.2, 0) is 0 Å². The van der Waals surface area contributed by atoms with Gasteiger partial charge in [-0.2, -0.15) is 0 Å². The molecule has 1 aliphatic heterocycles. The number of anilines is 1. The fourth-order valence-electron chi connectivity index (χ4n) is 4.21. The fourth-order valence-corrected chi connectivity index (χ4v) is 4.21. The van der Waals surface area contributed by atoms with Crippen LogP contribution in [0, 0.1) is 6.92 Å². The molecule has 0 aliphatic carbocycles. The zero-order chi connectivity index (χ0) is 20.5. The van der Waals surface area contributed by atoms with Gasteiger partial charge in [0.1, 0.15) is 0 Å². The molecule has 0 unspecified atom stereocenters. The summed E-state index contributed by atoms with van der Waals surface area (Å²) in [7, 11) is 0. The predicted octanol–water partition coefficient (Wildman–Crippen LogP) is 7.01. The highest BCUT2D eigenvalue weighted by Crippen LogP contribution is 2.39. The third kappa shape index (κ3) is 3.31. The zero-order valence-corrected chi connectivity index (χ0v) is 17.3. The number of nitrogens with zero attached hydrogens (tertiary/aromatic N) is 1. The Balaban J connectivity index is 1.80. The van der Waals surface area contributed by atoms with Crippen LogP contribution in [0.3, 0.4) is 0 Å². The highest BCUT2D eigenvalue weighted by molar-refractivity contribution is 6.05. The van der Waals surface area contributed by atoms with Gasteiger partial charge in [-0.15, -0.1) is 0 Å². The molecule has 0 radical (unpaired) electrons. The van der Waals surface area contributed by atoms with Crippen LogP contribution in [0.25, 0.3) is 27.6 Å². The summed E-state index contributed by atoms with van der Waals surface area (Å²) >= 11 is 0. The van der Waals surface area contributed by atoms with E-state index in [4.69, 9.17) is 4.98 Å². The quantitative estimate of drug-likeness (QED) is 0.399. The van der Waals surface area contributed by atoms with E-state index in [2.05, 4.69) is 110 Å². The molecule has 1 N–H and O–H groups in total. The van der Waals surface area contributed by atoms with Crippen LogP contribution in [0.1, 0.15) is 23.7 Å². The molecule has 0 saturated heterocycles. The number of nitrogens with one attached hydrogen (secondary N) is 1. The van der Waals surface area contributed by atoms with Crippen molar-refractivity contribution in [2.75, 3.05) is 11.9 Å². The minimum Gasteiger partial charge on any atom is -0.379 e. The van der Waals surface area contributed by atoms with Gasteiger partial charge in [-0.05, 0) is 42.2 Å². The van der Waals surface area contributed by atoms with Crippen molar-refractivity contribution < 1.29 is 0 Å². The van der Waals surface area contributed by atoms with Crippen molar-refractivity contribution in [3.05, 3.63) is 113 Å². The standard InChI is InChI=1S/C28H24N2/c1-19-15-16-29-27-23(25(17-19)21-9-5-3-6-10-21)13-14-24-26(18-20(2)30-28(24)27)22-11-7-4-8-12-22/h3-15,17-18,29H,16H2,1-2H3/b19-15+,25-17-. The average molecular weight is 389 g/mol. The van der Waals surface area contributed by atoms with E-state index in [1.807, 2.05) is 0 Å². The van der Waals surface area contributed by atoms with Gasteiger partial charge in [-0.3, -0.25) is 4.98 Å². The smallest absolute Gasteiger partial charge is 0.0949 e. The van der Waals surface area contributed by atoms with E-state index in [-0.39, 0.29) is 0 Å². The Kier molecular flexibility index (Phi) is 4.68. The summed E-state index contributed by atoms with van der Waals surface area (Å²) in [5, 5.41) is 4.84. The van der Waals surface area contributed by atoms with Crippen LogP contribution in [0.5, 0.6) is 0 Å². The highest BCUT2D eigenvalue weighted by atomic mass is 14.9. The van der Waals surface area contributed by atoms with Crippen LogP contribution in [0.2, 0.25) is 0 Å². The first-order valence-corrected chi connectivity index (χ1v) is 10.4. The Morgan fingerprint density at radius 1 is 0.767 bits per heavy atom. The van der Waals surface area contributed by atoms with Gasteiger partial charge in [0.05, 0.1) is 11.2 Å². The lowest BCUT2D eigenvalue weighted by molar-refractivity contribution is 1.23. The topological polar surface area (TPSA) is 24.9 Å². The summed E-state index contributed by atoms with van der Waals surface area (Å²) in [6, 6.07) is 27.8. The number of pyridine rings is 1. The second kappa shape index (κ2) is 7.64. The molecule has 0 spiro atoms. The summed E-state index contributed by atoms with van der Waals surface area (Å²) in [4.78, 5) is 4.98. The molecule has 1 aliphatic rings. The molecule has 0 bridgehead atoms. The summed E-state index contributed by atoms with van der Waals surface area (Å²) in [5.41, 5.74) is 10.5. The number of hydrogen-bond donors (Lipinski definition) is 1. The number of fused-ring (bicyclic) bond motifs is 3. The maximum Gasteiger partial charge on any atom is 0.0949 e. The lowest BCUT2D eigenvalue weighted by Crippen LogP contribution is -2.07. The molecule has 2 nitrogen and oxygen atoms in total. The summed E-state index contributed by atoms with van der Waals surface area (Å²) < 4.78 is 0. The Morgan fingerprint density at radius 2 is 1.47 bits per heavy atom. The molecular formula is C28H24N2. The Labute approximate surface area is 177 Å². The summed E-state index contributed by atoms with van der Waals surface area (Å²) in [5.74, 6) is 0. The number of benzene rings is 3. The average Bonchev–Trinajstić information content (AvgIpc) is 2.77. The summed E-state index contributed by atoms with van der Waals surface area (Å²) in [6.07, 6.45) is 4.52. The minimum atomic E-state index is 0.785. The third-order valence-electron chi connectivity index (χ3n) is 5.64. The number of hydrogen-bond acceptors (Lipinski definition) is 2.